The molecule has 96 valence electrons. The summed E-state index contributed by atoms with van der Waals surface area (Å²) >= 11 is 1.55. The number of rotatable bonds is 5. The maximum absolute atomic E-state index is 12.0. The van der Waals surface area contributed by atoms with E-state index in [1.807, 2.05) is 54.8 Å². The molecule has 1 heterocycles. The van der Waals surface area contributed by atoms with Crippen molar-refractivity contribution in [3.8, 4) is 0 Å². The normalized spacial score (nSPS) is 13.4. The summed E-state index contributed by atoms with van der Waals surface area (Å²) in [5, 5.41) is 1.94. The molecule has 0 fully saturated rings. The Morgan fingerprint density at radius 2 is 1.89 bits per heavy atom. The van der Waals surface area contributed by atoms with Gasteiger partial charge in [-0.05, 0) is 23.9 Å². The van der Waals surface area contributed by atoms with Gasteiger partial charge in [0, 0.05) is 4.88 Å². The van der Waals surface area contributed by atoms with E-state index >= 15 is 0 Å². The topological polar surface area (TPSA) is 46.2 Å². The van der Waals surface area contributed by atoms with Crippen molar-refractivity contribution in [2.75, 3.05) is 0 Å². The molecule has 0 aliphatic rings. The largest absolute Gasteiger partial charge is 0.216 e. The number of hydrogen-bond donors (Lipinski definition) is 1. The number of benzene rings is 1. The van der Waals surface area contributed by atoms with Crippen molar-refractivity contribution in [3.63, 3.8) is 0 Å². The first-order valence-electron chi connectivity index (χ1n) is 5.64. The Hall–Kier alpha value is -1.17. The van der Waals surface area contributed by atoms with E-state index in [2.05, 4.69) is 4.72 Å². The highest BCUT2D eigenvalue weighted by molar-refractivity contribution is 7.88. The van der Waals surface area contributed by atoms with Crippen LogP contribution in [0.5, 0.6) is 0 Å². The van der Waals surface area contributed by atoms with E-state index in [0.717, 1.165) is 10.4 Å². The molecule has 5 heteroatoms. The molecule has 1 atom stereocenters. The molecule has 0 radical (unpaired) electrons. The predicted molar refractivity (Wildman–Crippen MR) is 74.9 cm³/mol. The summed E-state index contributed by atoms with van der Waals surface area (Å²) in [5.41, 5.74) is 0.795. The summed E-state index contributed by atoms with van der Waals surface area (Å²) in [6.07, 6.45) is 0. The van der Waals surface area contributed by atoms with Crippen molar-refractivity contribution < 1.29 is 8.42 Å². The number of nitrogens with one attached hydrogen (secondary N) is 1. The molecular weight excluding hydrogens is 266 g/mol. The van der Waals surface area contributed by atoms with Gasteiger partial charge in [-0.15, -0.1) is 11.3 Å². The minimum absolute atomic E-state index is 0.0174. The zero-order chi connectivity index (χ0) is 13.0. The van der Waals surface area contributed by atoms with Crippen LogP contribution in [-0.4, -0.2) is 8.42 Å². The molecule has 0 saturated carbocycles. The van der Waals surface area contributed by atoms with Crippen molar-refractivity contribution in [1.29, 1.82) is 0 Å². The molecule has 0 unspecified atom stereocenters. The van der Waals surface area contributed by atoms with Gasteiger partial charge in [-0.1, -0.05) is 36.4 Å². The Labute approximate surface area is 112 Å². The van der Waals surface area contributed by atoms with Gasteiger partial charge in [-0.25, -0.2) is 13.1 Å². The van der Waals surface area contributed by atoms with Crippen LogP contribution in [0.4, 0.5) is 0 Å². The fourth-order valence-electron chi connectivity index (χ4n) is 1.70. The lowest BCUT2D eigenvalue weighted by Crippen LogP contribution is -2.27. The van der Waals surface area contributed by atoms with Crippen LogP contribution in [0.25, 0.3) is 0 Å². The lowest BCUT2D eigenvalue weighted by Gasteiger charge is -2.12. The van der Waals surface area contributed by atoms with Gasteiger partial charge in [-0.2, -0.15) is 0 Å². The molecule has 0 aliphatic heterocycles. The van der Waals surface area contributed by atoms with Crippen molar-refractivity contribution in [3.05, 3.63) is 58.3 Å². The first-order valence-corrected chi connectivity index (χ1v) is 8.17. The molecule has 18 heavy (non-hydrogen) atoms. The maximum atomic E-state index is 12.0. The average Bonchev–Trinajstić information content (AvgIpc) is 2.82. The van der Waals surface area contributed by atoms with Gasteiger partial charge in [0.15, 0.2) is 0 Å². The van der Waals surface area contributed by atoms with Gasteiger partial charge in [0.2, 0.25) is 10.0 Å². The van der Waals surface area contributed by atoms with Crippen LogP contribution in [0, 0.1) is 0 Å². The fraction of sp³-hybridized carbons (Fsp3) is 0.231. The van der Waals surface area contributed by atoms with E-state index in [-0.39, 0.29) is 11.8 Å². The Balaban J connectivity index is 2.04. The highest BCUT2D eigenvalue weighted by atomic mass is 32.2. The Kier molecular flexibility index (Phi) is 4.16. The van der Waals surface area contributed by atoms with Gasteiger partial charge < -0.3 is 0 Å². The summed E-state index contributed by atoms with van der Waals surface area (Å²) in [6.45, 7) is 1.86. The molecule has 2 aromatic rings. The second kappa shape index (κ2) is 5.65. The van der Waals surface area contributed by atoms with E-state index in [4.69, 9.17) is 0 Å². The molecule has 0 saturated heterocycles. The lowest BCUT2D eigenvalue weighted by atomic mass is 10.2. The standard InChI is InChI=1S/C13H15NO2S2/c1-11(13-8-5-9-17-13)14-18(15,16)10-12-6-3-2-4-7-12/h2-9,11,14H,10H2,1H3/t11-/m0/s1. The van der Waals surface area contributed by atoms with Crippen LogP contribution in [0.2, 0.25) is 0 Å². The van der Waals surface area contributed by atoms with Gasteiger partial charge >= 0.3 is 0 Å². The second-order valence-corrected chi connectivity index (χ2v) is 6.83. The van der Waals surface area contributed by atoms with Gasteiger partial charge in [0.1, 0.15) is 0 Å². The fourth-order valence-corrected chi connectivity index (χ4v) is 3.89. The summed E-state index contributed by atoms with van der Waals surface area (Å²) in [5.74, 6) is 0.0174. The quantitative estimate of drug-likeness (QED) is 0.916. The maximum Gasteiger partial charge on any atom is 0.216 e. The van der Waals surface area contributed by atoms with Gasteiger partial charge in [-0.3, -0.25) is 0 Å². The van der Waals surface area contributed by atoms with Crippen LogP contribution >= 0.6 is 11.3 Å². The van der Waals surface area contributed by atoms with Gasteiger partial charge in [0.25, 0.3) is 0 Å². The third kappa shape index (κ3) is 3.66. The van der Waals surface area contributed by atoms with Crippen LogP contribution in [0.15, 0.2) is 47.8 Å². The Morgan fingerprint density at radius 3 is 2.50 bits per heavy atom. The predicted octanol–water partition coefficient (Wildman–Crippen LogP) is 2.93. The average molecular weight is 281 g/mol. The molecule has 0 bridgehead atoms. The SMILES string of the molecule is C[C@H](NS(=O)(=O)Cc1ccccc1)c1cccs1. The third-order valence-corrected chi connectivity index (χ3v) is 5.01. The van der Waals surface area contributed by atoms with E-state index in [1.54, 1.807) is 11.3 Å². The number of sulfonamides is 1. The van der Waals surface area contributed by atoms with Crippen LogP contribution in [0.1, 0.15) is 23.4 Å². The minimum Gasteiger partial charge on any atom is -0.212 e. The molecule has 1 aromatic carbocycles. The van der Waals surface area contributed by atoms with Crippen LogP contribution in [0.3, 0.4) is 0 Å². The molecule has 0 aliphatic carbocycles. The van der Waals surface area contributed by atoms with E-state index in [0.29, 0.717) is 0 Å². The Morgan fingerprint density at radius 1 is 1.17 bits per heavy atom. The first kappa shape index (κ1) is 13.3. The second-order valence-electron chi connectivity index (χ2n) is 4.10. The molecule has 0 amide bonds. The summed E-state index contributed by atoms with van der Waals surface area (Å²) in [4.78, 5) is 1.02. The van der Waals surface area contributed by atoms with Crippen molar-refractivity contribution >= 4 is 21.4 Å². The van der Waals surface area contributed by atoms with Gasteiger partial charge in [0.05, 0.1) is 11.8 Å². The summed E-state index contributed by atoms with van der Waals surface area (Å²) < 4.78 is 26.7. The Bertz CT molecular complexity index is 577. The van der Waals surface area contributed by atoms with Crippen LogP contribution < -0.4 is 4.72 Å². The number of thiophene rings is 1. The first-order chi connectivity index (χ1) is 8.57. The van der Waals surface area contributed by atoms with E-state index < -0.39 is 10.0 Å². The molecule has 1 N–H and O–H groups in total. The smallest absolute Gasteiger partial charge is 0.212 e. The molecule has 2 rings (SSSR count). The van der Waals surface area contributed by atoms with E-state index in [1.165, 1.54) is 0 Å². The molecule has 1 aromatic heterocycles. The van der Waals surface area contributed by atoms with Crippen molar-refractivity contribution in [1.82, 2.24) is 4.72 Å². The van der Waals surface area contributed by atoms with Crippen LogP contribution in [-0.2, 0) is 15.8 Å². The zero-order valence-electron chi connectivity index (χ0n) is 10.0. The zero-order valence-corrected chi connectivity index (χ0v) is 11.7. The monoisotopic (exact) mass is 281 g/mol. The minimum atomic E-state index is -3.30. The number of hydrogen-bond acceptors (Lipinski definition) is 3. The molecule has 0 spiro atoms. The highest BCUT2D eigenvalue weighted by Crippen LogP contribution is 2.19. The molecule has 3 nitrogen and oxygen atoms in total. The summed E-state index contributed by atoms with van der Waals surface area (Å²) in [7, 11) is -3.30. The van der Waals surface area contributed by atoms with E-state index in [9.17, 15) is 8.42 Å². The highest BCUT2D eigenvalue weighted by Gasteiger charge is 2.16. The third-order valence-electron chi connectivity index (χ3n) is 2.53. The molecular formula is C13H15NO2S2. The van der Waals surface area contributed by atoms with Crippen molar-refractivity contribution in [2.45, 2.75) is 18.7 Å². The summed E-state index contributed by atoms with van der Waals surface area (Å²) in [6, 6.07) is 12.9. The lowest BCUT2D eigenvalue weighted by molar-refractivity contribution is 0.567. The van der Waals surface area contributed by atoms with Crippen molar-refractivity contribution in [2.24, 2.45) is 0 Å².